The van der Waals surface area contributed by atoms with Crippen LogP contribution in [-0.2, 0) is 17.6 Å². The molecule has 1 aromatic heterocycles. The molecule has 0 bridgehead atoms. The van der Waals surface area contributed by atoms with Crippen LogP contribution in [0.3, 0.4) is 0 Å². The molecular formula is C35H39NO8. The highest BCUT2D eigenvalue weighted by molar-refractivity contribution is 6.05. The predicted octanol–water partition coefficient (Wildman–Crippen LogP) is 5.44. The highest BCUT2D eigenvalue weighted by Gasteiger charge is 2.41. The van der Waals surface area contributed by atoms with Gasteiger partial charge in [0.1, 0.15) is 24.0 Å². The van der Waals surface area contributed by atoms with Crippen LogP contribution in [0, 0.1) is 0 Å². The van der Waals surface area contributed by atoms with Crippen LogP contribution in [0.2, 0.25) is 0 Å². The van der Waals surface area contributed by atoms with Crippen LogP contribution >= 0.6 is 0 Å². The van der Waals surface area contributed by atoms with Crippen molar-refractivity contribution in [1.82, 2.24) is 4.98 Å². The van der Waals surface area contributed by atoms with E-state index in [0.717, 1.165) is 34.4 Å². The molecule has 0 amide bonds. The van der Waals surface area contributed by atoms with Crippen LogP contribution < -0.4 is 19.2 Å². The van der Waals surface area contributed by atoms with E-state index in [2.05, 4.69) is 24.0 Å². The van der Waals surface area contributed by atoms with Crippen molar-refractivity contribution in [2.24, 2.45) is 0 Å². The molecule has 0 saturated carbocycles. The number of phenols is 2. The Bertz CT molecular complexity index is 1590. The van der Waals surface area contributed by atoms with E-state index in [1.165, 1.54) is 7.11 Å². The van der Waals surface area contributed by atoms with Gasteiger partial charge in [-0.3, -0.25) is 4.79 Å². The average Bonchev–Trinajstić information content (AvgIpc) is 3.52. The fourth-order valence-electron chi connectivity index (χ4n) is 5.65. The molecule has 0 fully saturated rings. The van der Waals surface area contributed by atoms with Crippen LogP contribution in [-0.4, -0.2) is 59.9 Å². The predicted molar refractivity (Wildman–Crippen MR) is 167 cm³/mol. The maximum Gasteiger partial charge on any atom is 0.335 e. The van der Waals surface area contributed by atoms with Crippen molar-refractivity contribution in [2.45, 2.75) is 44.6 Å². The van der Waals surface area contributed by atoms with Gasteiger partial charge in [0, 0.05) is 31.6 Å². The maximum absolute atomic E-state index is 11.7. The van der Waals surface area contributed by atoms with Gasteiger partial charge < -0.3 is 39.3 Å². The molecular weight excluding hydrogens is 562 g/mol. The Balaban J connectivity index is 1.60. The second kappa shape index (κ2) is 13.9. The molecule has 44 heavy (non-hydrogen) atoms. The average molecular weight is 602 g/mol. The number of rotatable bonds is 13. The quantitative estimate of drug-likeness (QED) is 0.136. The van der Waals surface area contributed by atoms with Gasteiger partial charge in [-0.1, -0.05) is 55.8 Å². The first-order valence-corrected chi connectivity index (χ1v) is 14.8. The van der Waals surface area contributed by atoms with E-state index in [1.54, 1.807) is 31.4 Å². The lowest BCUT2D eigenvalue weighted by atomic mass is 9.86. The third-order valence-electron chi connectivity index (χ3n) is 7.94. The molecule has 0 radical (unpaired) electrons. The molecule has 2 heterocycles. The van der Waals surface area contributed by atoms with E-state index in [-0.39, 0.29) is 60.1 Å². The summed E-state index contributed by atoms with van der Waals surface area (Å²) in [6.07, 6.45) is 2.94. The zero-order valence-electron chi connectivity index (χ0n) is 25.2. The van der Waals surface area contributed by atoms with Crippen molar-refractivity contribution in [1.29, 1.82) is 0 Å². The molecule has 232 valence electrons. The SMILES string of the molecule is CCc1cc(-c2cccc(C(COC)Cc3c(O)c(OC)c(OCCCO)c4c3OC(c3ccc(O)cc3)CC4=[OH+])c2)c[n-]1. The normalized spacial score (nSPS) is 15.0. The van der Waals surface area contributed by atoms with Crippen LogP contribution in [0.5, 0.6) is 28.7 Å². The number of fused-ring (bicyclic) bond motifs is 1. The van der Waals surface area contributed by atoms with E-state index in [0.29, 0.717) is 30.6 Å². The van der Waals surface area contributed by atoms with Crippen molar-refractivity contribution in [3.05, 3.63) is 88.7 Å². The third kappa shape index (κ3) is 6.39. The Hall–Kier alpha value is -4.47. The Morgan fingerprint density at radius 2 is 1.84 bits per heavy atom. The molecule has 4 aromatic rings. The van der Waals surface area contributed by atoms with E-state index in [9.17, 15) is 20.1 Å². The molecule has 3 aromatic carbocycles. The topological polar surface area (TPSA) is 133 Å². The first-order valence-electron chi connectivity index (χ1n) is 14.8. The lowest BCUT2D eigenvalue weighted by Gasteiger charge is -2.29. The molecule has 4 N–H and O–H groups in total. The van der Waals surface area contributed by atoms with Crippen molar-refractivity contribution >= 4 is 5.78 Å². The Morgan fingerprint density at radius 1 is 1.05 bits per heavy atom. The molecule has 2 atom stereocenters. The lowest BCUT2D eigenvalue weighted by Crippen LogP contribution is -2.24. The van der Waals surface area contributed by atoms with Crippen molar-refractivity contribution in [3.63, 3.8) is 0 Å². The number of methoxy groups -OCH3 is 2. The minimum absolute atomic E-state index is 0.0172. The minimum atomic E-state index is -0.582. The number of phenolic OH excluding ortho intramolecular Hbond substituents is 2. The fourth-order valence-corrected chi connectivity index (χ4v) is 5.65. The summed E-state index contributed by atoms with van der Waals surface area (Å²) in [5.74, 6) is 0.296. The summed E-state index contributed by atoms with van der Waals surface area (Å²) in [5, 5.41) is 30.8. The summed E-state index contributed by atoms with van der Waals surface area (Å²) in [7, 11) is 3.06. The Kier molecular flexibility index (Phi) is 9.77. The van der Waals surface area contributed by atoms with E-state index in [4.69, 9.17) is 18.9 Å². The van der Waals surface area contributed by atoms with Gasteiger partial charge in [-0.2, -0.15) is 11.9 Å². The van der Waals surface area contributed by atoms with Crippen LogP contribution in [0.4, 0.5) is 0 Å². The number of hydrogen-bond acceptors (Lipinski definition) is 7. The number of aromatic hydroxyl groups is 2. The number of nitrogens with zero attached hydrogens (tertiary/aromatic N) is 1. The van der Waals surface area contributed by atoms with Crippen molar-refractivity contribution < 1.29 is 39.1 Å². The van der Waals surface area contributed by atoms with Gasteiger partial charge in [-0.25, -0.2) is 0 Å². The van der Waals surface area contributed by atoms with E-state index >= 15 is 0 Å². The first kappa shape index (κ1) is 31.0. The number of benzene rings is 3. The zero-order chi connectivity index (χ0) is 31.2. The molecule has 0 aliphatic carbocycles. The van der Waals surface area contributed by atoms with Gasteiger partial charge in [0.05, 0.1) is 20.3 Å². The number of carbonyl (C=O) groups excluding carboxylic acids is 1. The highest BCUT2D eigenvalue weighted by atomic mass is 16.5. The van der Waals surface area contributed by atoms with Crippen molar-refractivity contribution in [3.8, 4) is 39.9 Å². The number of hydrogen-bond donors (Lipinski definition) is 3. The number of aromatic nitrogens is 1. The molecule has 5 rings (SSSR count). The Labute approximate surface area is 257 Å². The minimum Gasteiger partial charge on any atom is -0.667 e. The molecule has 0 saturated heterocycles. The van der Waals surface area contributed by atoms with Crippen LogP contribution in [0.15, 0.2) is 60.8 Å². The van der Waals surface area contributed by atoms with Gasteiger partial charge in [0.15, 0.2) is 17.1 Å². The van der Waals surface area contributed by atoms with Crippen LogP contribution in [0.1, 0.15) is 59.7 Å². The summed E-state index contributed by atoms with van der Waals surface area (Å²) < 4.78 is 23.8. The molecule has 9 heteroatoms. The van der Waals surface area contributed by atoms with Crippen LogP contribution in [0.25, 0.3) is 11.1 Å². The number of aryl methyl sites for hydroxylation is 1. The molecule has 9 nitrogen and oxygen atoms in total. The van der Waals surface area contributed by atoms with Gasteiger partial charge in [0.2, 0.25) is 5.75 Å². The summed E-state index contributed by atoms with van der Waals surface area (Å²) in [6.45, 7) is 2.49. The number of aliphatic hydroxyl groups is 1. The molecule has 1 aliphatic rings. The van der Waals surface area contributed by atoms with Gasteiger partial charge in [-0.15, -0.1) is 0 Å². The molecule has 2 unspecified atom stereocenters. The summed E-state index contributed by atoms with van der Waals surface area (Å²) >= 11 is 0. The van der Waals surface area contributed by atoms with E-state index < -0.39 is 6.10 Å². The van der Waals surface area contributed by atoms with Gasteiger partial charge >= 0.3 is 5.78 Å². The monoisotopic (exact) mass is 601 g/mol. The van der Waals surface area contributed by atoms with Gasteiger partial charge in [0.25, 0.3) is 0 Å². The zero-order valence-corrected chi connectivity index (χ0v) is 25.2. The Morgan fingerprint density at radius 3 is 2.52 bits per heavy atom. The summed E-state index contributed by atoms with van der Waals surface area (Å²) in [5.41, 5.74) is 5.59. The third-order valence-corrected chi connectivity index (χ3v) is 7.94. The number of aliphatic hydroxyl groups excluding tert-OH is 1. The lowest BCUT2D eigenvalue weighted by molar-refractivity contribution is 0.174. The highest BCUT2D eigenvalue weighted by Crippen LogP contribution is 2.53. The standard InChI is InChI=1S/C35H38NO8/c1-4-26-16-24(19-36-26)22-7-5-8-23(15-22)25(20-41-2)17-28-32(40)35(42-3)34(43-14-6-13-37)31-29(39)18-30(44-33(28)31)21-9-11-27(38)12-10-21/h5,7-12,15-16,19,25,30,37-38H,4,6,13-14,17-18,20H2,1-3H3,(H,39,40)/q-1/p+1. The van der Waals surface area contributed by atoms with E-state index in [1.807, 2.05) is 24.4 Å². The number of ether oxygens (including phenoxy) is 4. The van der Waals surface area contributed by atoms with Crippen molar-refractivity contribution in [2.75, 3.05) is 34.0 Å². The summed E-state index contributed by atoms with van der Waals surface area (Å²) in [4.78, 5) is 15.9. The molecule has 0 spiro atoms. The smallest absolute Gasteiger partial charge is 0.335 e. The fraction of sp³-hybridized carbons (Fsp3) is 0.343. The van der Waals surface area contributed by atoms with Gasteiger partial charge in [-0.05, 0) is 40.8 Å². The second-order valence-electron chi connectivity index (χ2n) is 10.9. The largest absolute Gasteiger partial charge is 0.667 e. The maximum atomic E-state index is 11.7. The second-order valence-corrected chi connectivity index (χ2v) is 10.9. The summed E-state index contributed by atoms with van der Waals surface area (Å²) in [6, 6.07) is 16.9. The first-order chi connectivity index (χ1) is 21.4. The number of ketones is 1. The molecule has 1 aliphatic heterocycles.